The molecule has 24 heavy (non-hydrogen) atoms. The SMILES string of the molecule is Cc1ccc(N[C@H]2CC[C@H](CC(C)(C)OC(N)=O)C2)c([N+](=O)[O-])c1. The Morgan fingerprint density at radius 1 is 1.46 bits per heavy atom. The number of nitrogens with one attached hydrogen (secondary N) is 1. The molecule has 132 valence electrons. The quantitative estimate of drug-likeness (QED) is 0.608. The maximum Gasteiger partial charge on any atom is 0.405 e. The van der Waals surface area contributed by atoms with Crippen molar-refractivity contribution >= 4 is 17.5 Å². The van der Waals surface area contributed by atoms with Gasteiger partial charge in [0.2, 0.25) is 0 Å². The number of nitrogens with zero attached hydrogens (tertiary/aromatic N) is 1. The Bertz CT molecular complexity index is 630. The molecule has 1 aliphatic carbocycles. The van der Waals surface area contributed by atoms with Gasteiger partial charge in [0.05, 0.1) is 4.92 Å². The van der Waals surface area contributed by atoms with Gasteiger partial charge in [-0.3, -0.25) is 10.1 Å². The summed E-state index contributed by atoms with van der Waals surface area (Å²) in [7, 11) is 0. The van der Waals surface area contributed by atoms with Gasteiger partial charge in [-0.2, -0.15) is 0 Å². The minimum absolute atomic E-state index is 0.107. The van der Waals surface area contributed by atoms with Crippen molar-refractivity contribution in [2.24, 2.45) is 11.7 Å². The molecule has 0 aliphatic heterocycles. The predicted octanol–water partition coefficient (Wildman–Crippen LogP) is 3.75. The number of nitrogens with two attached hydrogens (primary N) is 1. The lowest BCUT2D eigenvalue weighted by molar-refractivity contribution is -0.384. The van der Waals surface area contributed by atoms with E-state index >= 15 is 0 Å². The van der Waals surface area contributed by atoms with Crippen molar-refractivity contribution in [2.45, 2.75) is 58.1 Å². The molecule has 1 amide bonds. The summed E-state index contributed by atoms with van der Waals surface area (Å²) in [6.45, 7) is 5.54. The highest BCUT2D eigenvalue weighted by Crippen LogP contribution is 2.36. The van der Waals surface area contributed by atoms with E-state index < -0.39 is 11.7 Å². The minimum atomic E-state index is -0.761. The fraction of sp³-hybridized carbons (Fsp3) is 0.588. The highest BCUT2D eigenvalue weighted by molar-refractivity contribution is 5.65. The van der Waals surface area contributed by atoms with Crippen LogP contribution in [0.5, 0.6) is 0 Å². The topological polar surface area (TPSA) is 107 Å². The molecule has 2 rings (SSSR count). The molecule has 1 aromatic rings. The molecule has 1 aromatic carbocycles. The van der Waals surface area contributed by atoms with E-state index in [0.29, 0.717) is 11.6 Å². The second-order valence-corrected chi connectivity index (χ2v) is 7.18. The number of primary amides is 1. The molecular weight excluding hydrogens is 310 g/mol. The third-order valence-corrected chi connectivity index (χ3v) is 4.41. The molecule has 0 heterocycles. The monoisotopic (exact) mass is 335 g/mol. The van der Waals surface area contributed by atoms with Crippen molar-refractivity contribution in [1.82, 2.24) is 0 Å². The molecule has 7 heteroatoms. The molecule has 7 nitrogen and oxygen atoms in total. The summed E-state index contributed by atoms with van der Waals surface area (Å²) >= 11 is 0. The van der Waals surface area contributed by atoms with E-state index in [0.717, 1.165) is 31.2 Å². The minimum Gasteiger partial charge on any atom is -0.444 e. The maximum absolute atomic E-state index is 11.2. The van der Waals surface area contributed by atoms with Gasteiger partial charge < -0.3 is 15.8 Å². The van der Waals surface area contributed by atoms with Crippen LogP contribution in [0.4, 0.5) is 16.2 Å². The number of carbonyl (C=O) groups is 1. The Hall–Kier alpha value is -2.31. The molecule has 0 aromatic heterocycles. The third kappa shape index (κ3) is 4.84. The number of hydrogen-bond donors (Lipinski definition) is 2. The summed E-state index contributed by atoms with van der Waals surface area (Å²) in [4.78, 5) is 21.8. The lowest BCUT2D eigenvalue weighted by Gasteiger charge is -2.27. The first kappa shape index (κ1) is 18.0. The van der Waals surface area contributed by atoms with Crippen molar-refractivity contribution in [3.05, 3.63) is 33.9 Å². The molecule has 1 aliphatic rings. The Balaban J connectivity index is 1.97. The van der Waals surface area contributed by atoms with Crippen molar-refractivity contribution in [3.63, 3.8) is 0 Å². The zero-order valence-corrected chi connectivity index (χ0v) is 14.4. The van der Waals surface area contributed by atoms with Gasteiger partial charge in [-0.1, -0.05) is 6.07 Å². The van der Waals surface area contributed by atoms with E-state index in [-0.39, 0.29) is 16.7 Å². The van der Waals surface area contributed by atoms with Gasteiger partial charge >= 0.3 is 6.09 Å². The van der Waals surface area contributed by atoms with Crippen LogP contribution in [0.1, 0.15) is 45.1 Å². The standard InChI is InChI=1S/C17H25N3O4/c1-11-4-7-14(15(8-11)20(22)23)19-13-6-5-12(9-13)10-17(2,3)24-16(18)21/h4,7-8,12-13,19H,5-6,9-10H2,1-3H3,(H2,18,21)/t12-,13-/m0/s1. The van der Waals surface area contributed by atoms with Gasteiger partial charge in [0.1, 0.15) is 11.3 Å². The summed E-state index contributed by atoms with van der Waals surface area (Å²) in [5.74, 6) is 0.390. The van der Waals surface area contributed by atoms with Crippen molar-refractivity contribution in [1.29, 1.82) is 0 Å². The Labute approximate surface area is 141 Å². The lowest BCUT2D eigenvalue weighted by atomic mass is 9.92. The summed E-state index contributed by atoms with van der Waals surface area (Å²) in [5.41, 5.74) is 6.04. The number of rotatable bonds is 6. The molecule has 0 radical (unpaired) electrons. The van der Waals surface area contributed by atoms with Crippen LogP contribution in [-0.4, -0.2) is 22.7 Å². The van der Waals surface area contributed by atoms with Gasteiger partial charge in [0, 0.05) is 12.1 Å². The second-order valence-electron chi connectivity index (χ2n) is 7.18. The smallest absolute Gasteiger partial charge is 0.405 e. The van der Waals surface area contributed by atoms with E-state index in [1.807, 2.05) is 26.8 Å². The Kier molecular flexibility index (Phi) is 5.31. The molecule has 0 saturated heterocycles. The van der Waals surface area contributed by atoms with Gasteiger partial charge in [-0.15, -0.1) is 0 Å². The lowest BCUT2D eigenvalue weighted by Crippen LogP contribution is -2.33. The van der Waals surface area contributed by atoms with Crippen molar-refractivity contribution in [3.8, 4) is 0 Å². The van der Waals surface area contributed by atoms with E-state index in [4.69, 9.17) is 10.5 Å². The van der Waals surface area contributed by atoms with Crippen LogP contribution in [-0.2, 0) is 4.74 Å². The summed E-state index contributed by atoms with van der Waals surface area (Å²) in [6.07, 6.45) is 2.77. The van der Waals surface area contributed by atoms with E-state index in [9.17, 15) is 14.9 Å². The van der Waals surface area contributed by atoms with Crippen LogP contribution in [0.3, 0.4) is 0 Å². The highest BCUT2D eigenvalue weighted by atomic mass is 16.6. The van der Waals surface area contributed by atoms with Gasteiger partial charge in [-0.05, 0) is 64.0 Å². The fourth-order valence-corrected chi connectivity index (χ4v) is 3.54. The molecule has 1 saturated carbocycles. The Morgan fingerprint density at radius 3 is 2.79 bits per heavy atom. The number of carbonyl (C=O) groups excluding carboxylic acids is 1. The number of aryl methyl sites for hydroxylation is 1. The van der Waals surface area contributed by atoms with Crippen LogP contribution in [0.25, 0.3) is 0 Å². The molecule has 3 N–H and O–H groups in total. The summed E-state index contributed by atoms with van der Waals surface area (Å²) < 4.78 is 5.15. The van der Waals surface area contributed by atoms with Gasteiger partial charge in [0.15, 0.2) is 0 Å². The number of anilines is 1. The van der Waals surface area contributed by atoms with Crippen molar-refractivity contribution < 1.29 is 14.5 Å². The van der Waals surface area contributed by atoms with E-state index in [2.05, 4.69) is 5.32 Å². The van der Waals surface area contributed by atoms with Crippen LogP contribution in [0.2, 0.25) is 0 Å². The number of ether oxygens (including phenoxy) is 1. The molecule has 1 fully saturated rings. The normalized spacial score (nSPS) is 20.6. The predicted molar refractivity (Wildman–Crippen MR) is 91.9 cm³/mol. The van der Waals surface area contributed by atoms with Crippen molar-refractivity contribution in [2.75, 3.05) is 5.32 Å². The number of hydrogen-bond acceptors (Lipinski definition) is 5. The first-order chi connectivity index (χ1) is 11.2. The number of nitro groups is 1. The number of amides is 1. The summed E-state index contributed by atoms with van der Waals surface area (Å²) in [6, 6.07) is 5.39. The third-order valence-electron chi connectivity index (χ3n) is 4.41. The summed E-state index contributed by atoms with van der Waals surface area (Å²) in [5, 5.41) is 14.5. The van der Waals surface area contributed by atoms with Crippen LogP contribution >= 0.6 is 0 Å². The number of benzene rings is 1. The first-order valence-electron chi connectivity index (χ1n) is 8.16. The van der Waals surface area contributed by atoms with Gasteiger partial charge in [0.25, 0.3) is 5.69 Å². The zero-order chi connectivity index (χ0) is 17.9. The van der Waals surface area contributed by atoms with E-state index in [1.165, 1.54) is 0 Å². The first-order valence-corrected chi connectivity index (χ1v) is 8.16. The average molecular weight is 335 g/mol. The van der Waals surface area contributed by atoms with Crippen LogP contribution in [0.15, 0.2) is 18.2 Å². The molecular formula is C17H25N3O4. The van der Waals surface area contributed by atoms with E-state index in [1.54, 1.807) is 12.1 Å². The maximum atomic E-state index is 11.2. The molecule has 0 bridgehead atoms. The van der Waals surface area contributed by atoms with Crippen LogP contribution in [0, 0.1) is 23.0 Å². The molecule has 0 spiro atoms. The highest BCUT2D eigenvalue weighted by Gasteiger charge is 2.32. The average Bonchev–Trinajstić information content (AvgIpc) is 2.85. The second kappa shape index (κ2) is 7.07. The van der Waals surface area contributed by atoms with Crippen LogP contribution < -0.4 is 11.1 Å². The van der Waals surface area contributed by atoms with Gasteiger partial charge in [-0.25, -0.2) is 4.79 Å². The largest absolute Gasteiger partial charge is 0.444 e. The Morgan fingerprint density at radius 2 is 2.17 bits per heavy atom. The zero-order valence-electron chi connectivity index (χ0n) is 14.4. The molecule has 0 unspecified atom stereocenters. The fourth-order valence-electron chi connectivity index (χ4n) is 3.54. The number of nitro benzene ring substituents is 1. The molecule has 2 atom stereocenters.